The maximum absolute atomic E-state index is 5.74. The highest BCUT2D eigenvalue weighted by atomic mass is 79.9. The number of aromatic nitrogens is 2. The highest BCUT2D eigenvalue weighted by molar-refractivity contribution is 9.10. The maximum Gasteiger partial charge on any atom is 0.146 e. The summed E-state index contributed by atoms with van der Waals surface area (Å²) >= 11 is 3.49. The summed E-state index contributed by atoms with van der Waals surface area (Å²) in [5, 5.41) is 0. The molecule has 1 aromatic carbocycles. The van der Waals surface area contributed by atoms with Gasteiger partial charge in [0.25, 0.3) is 0 Å². The Balaban J connectivity index is 1.94. The maximum atomic E-state index is 5.74. The van der Waals surface area contributed by atoms with Crippen molar-refractivity contribution in [3.05, 3.63) is 46.8 Å². The van der Waals surface area contributed by atoms with Gasteiger partial charge in [0, 0.05) is 18.3 Å². The minimum atomic E-state index is 0.660. The second-order valence-electron chi connectivity index (χ2n) is 4.07. The second kappa shape index (κ2) is 4.94. The van der Waals surface area contributed by atoms with Crippen LogP contribution in [0.4, 0.5) is 5.82 Å². The van der Waals surface area contributed by atoms with Crippen LogP contribution in [0.25, 0.3) is 0 Å². The molecule has 3 rings (SSSR count). The Labute approximate surface area is 114 Å². The van der Waals surface area contributed by atoms with Crippen LogP contribution in [-0.4, -0.2) is 23.1 Å². The lowest BCUT2D eigenvalue weighted by molar-refractivity contribution is 0.331. The van der Waals surface area contributed by atoms with Crippen molar-refractivity contribution in [3.63, 3.8) is 0 Å². The molecule has 4 nitrogen and oxygen atoms in total. The van der Waals surface area contributed by atoms with E-state index in [1.165, 1.54) is 5.56 Å². The molecular formula is C13H12BrN3O. The molecule has 0 saturated heterocycles. The summed E-state index contributed by atoms with van der Waals surface area (Å²) in [6.45, 7) is 2.27. The number of anilines is 1. The number of benzene rings is 1. The summed E-state index contributed by atoms with van der Waals surface area (Å²) in [4.78, 5) is 10.5. The van der Waals surface area contributed by atoms with E-state index in [1.54, 1.807) is 12.5 Å². The van der Waals surface area contributed by atoms with Crippen molar-refractivity contribution in [1.29, 1.82) is 0 Å². The molecule has 2 aromatic rings. The molecule has 0 N–H and O–H groups in total. The fourth-order valence-corrected chi connectivity index (χ4v) is 2.52. The number of para-hydroxylation sites is 1. The molecule has 0 bridgehead atoms. The van der Waals surface area contributed by atoms with Crippen LogP contribution < -0.4 is 9.64 Å². The van der Waals surface area contributed by atoms with Crippen LogP contribution in [0.5, 0.6) is 5.75 Å². The Bertz CT molecular complexity index is 561. The first-order valence-corrected chi connectivity index (χ1v) is 6.55. The molecule has 92 valence electrons. The van der Waals surface area contributed by atoms with Gasteiger partial charge in [-0.3, -0.25) is 0 Å². The van der Waals surface area contributed by atoms with Crippen LogP contribution in [-0.2, 0) is 6.54 Å². The predicted octanol–water partition coefficient (Wildman–Crippen LogP) is 2.64. The van der Waals surface area contributed by atoms with Gasteiger partial charge in [0.05, 0.1) is 11.0 Å². The van der Waals surface area contributed by atoms with Gasteiger partial charge in [-0.25, -0.2) is 9.97 Å². The third-order valence-electron chi connectivity index (χ3n) is 2.90. The van der Waals surface area contributed by atoms with Gasteiger partial charge in [-0.05, 0) is 22.0 Å². The van der Waals surface area contributed by atoms with Gasteiger partial charge in [0.1, 0.15) is 24.5 Å². The van der Waals surface area contributed by atoms with Crippen molar-refractivity contribution in [3.8, 4) is 5.75 Å². The predicted molar refractivity (Wildman–Crippen MR) is 72.7 cm³/mol. The number of ether oxygens (including phenoxy) is 1. The van der Waals surface area contributed by atoms with Crippen LogP contribution in [0.2, 0.25) is 0 Å². The molecule has 0 saturated carbocycles. The van der Waals surface area contributed by atoms with Gasteiger partial charge in [-0.1, -0.05) is 18.2 Å². The van der Waals surface area contributed by atoms with Crippen LogP contribution in [0.15, 0.2) is 41.3 Å². The van der Waals surface area contributed by atoms with Crippen molar-refractivity contribution in [2.75, 3.05) is 18.1 Å². The van der Waals surface area contributed by atoms with Gasteiger partial charge >= 0.3 is 0 Å². The summed E-state index contributed by atoms with van der Waals surface area (Å²) in [6, 6.07) is 8.12. The van der Waals surface area contributed by atoms with E-state index in [0.29, 0.717) is 6.61 Å². The van der Waals surface area contributed by atoms with Crippen molar-refractivity contribution in [2.45, 2.75) is 6.54 Å². The first kappa shape index (κ1) is 11.5. The molecule has 5 heteroatoms. The van der Waals surface area contributed by atoms with Crippen LogP contribution in [0.3, 0.4) is 0 Å². The van der Waals surface area contributed by atoms with Gasteiger partial charge in [0.15, 0.2) is 0 Å². The highest BCUT2D eigenvalue weighted by Gasteiger charge is 2.17. The van der Waals surface area contributed by atoms with E-state index in [2.05, 4.69) is 36.9 Å². The van der Waals surface area contributed by atoms with E-state index in [-0.39, 0.29) is 0 Å². The summed E-state index contributed by atoms with van der Waals surface area (Å²) in [7, 11) is 0. The van der Waals surface area contributed by atoms with E-state index >= 15 is 0 Å². The first-order valence-electron chi connectivity index (χ1n) is 5.76. The standard InChI is InChI=1S/C13H12BrN3O/c14-11-7-15-9-16-13(11)17-5-6-18-12-4-2-1-3-10(12)8-17/h1-4,7,9H,5-6,8H2. The molecule has 2 heterocycles. The Morgan fingerprint density at radius 1 is 1.28 bits per heavy atom. The van der Waals surface area contributed by atoms with Crippen molar-refractivity contribution < 1.29 is 4.74 Å². The molecule has 0 amide bonds. The topological polar surface area (TPSA) is 38.2 Å². The number of halogens is 1. The zero-order chi connectivity index (χ0) is 12.4. The monoisotopic (exact) mass is 305 g/mol. The quantitative estimate of drug-likeness (QED) is 0.812. The molecule has 0 aliphatic carbocycles. The lowest BCUT2D eigenvalue weighted by Gasteiger charge is -2.21. The number of hydrogen-bond acceptors (Lipinski definition) is 4. The molecule has 0 atom stereocenters. The Hall–Kier alpha value is -1.62. The van der Waals surface area contributed by atoms with Crippen LogP contribution in [0, 0.1) is 0 Å². The van der Waals surface area contributed by atoms with Crippen molar-refractivity contribution in [1.82, 2.24) is 9.97 Å². The molecule has 0 radical (unpaired) electrons. The van der Waals surface area contributed by atoms with E-state index < -0.39 is 0 Å². The Morgan fingerprint density at radius 2 is 2.17 bits per heavy atom. The van der Waals surface area contributed by atoms with Gasteiger partial charge in [-0.15, -0.1) is 0 Å². The smallest absolute Gasteiger partial charge is 0.146 e. The number of rotatable bonds is 1. The fraction of sp³-hybridized carbons (Fsp3) is 0.231. The third-order valence-corrected chi connectivity index (χ3v) is 3.46. The van der Waals surface area contributed by atoms with Gasteiger partial charge in [0.2, 0.25) is 0 Å². The summed E-state index contributed by atoms with van der Waals surface area (Å²) in [5.41, 5.74) is 1.18. The van der Waals surface area contributed by atoms with Gasteiger partial charge < -0.3 is 9.64 Å². The van der Waals surface area contributed by atoms with Crippen LogP contribution >= 0.6 is 15.9 Å². The minimum absolute atomic E-state index is 0.660. The lowest BCUT2D eigenvalue weighted by atomic mass is 10.2. The fourth-order valence-electron chi connectivity index (χ4n) is 2.05. The largest absolute Gasteiger partial charge is 0.491 e. The molecule has 0 fully saturated rings. The van der Waals surface area contributed by atoms with Crippen molar-refractivity contribution >= 4 is 21.7 Å². The lowest BCUT2D eigenvalue weighted by Crippen LogP contribution is -2.26. The van der Waals surface area contributed by atoms with Crippen LogP contribution in [0.1, 0.15) is 5.56 Å². The molecule has 18 heavy (non-hydrogen) atoms. The summed E-state index contributed by atoms with van der Waals surface area (Å²) in [5.74, 6) is 1.87. The van der Waals surface area contributed by atoms with Crippen molar-refractivity contribution in [2.24, 2.45) is 0 Å². The zero-order valence-electron chi connectivity index (χ0n) is 9.71. The van der Waals surface area contributed by atoms with E-state index in [1.807, 2.05) is 18.2 Å². The molecule has 0 unspecified atom stereocenters. The van der Waals surface area contributed by atoms with Gasteiger partial charge in [-0.2, -0.15) is 0 Å². The Kier molecular flexibility index (Phi) is 3.15. The molecule has 0 spiro atoms. The number of fused-ring (bicyclic) bond motifs is 1. The molecule has 1 aliphatic rings. The molecular weight excluding hydrogens is 294 g/mol. The minimum Gasteiger partial charge on any atom is -0.491 e. The zero-order valence-corrected chi connectivity index (χ0v) is 11.3. The Morgan fingerprint density at radius 3 is 3.06 bits per heavy atom. The number of hydrogen-bond donors (Lipinski definition) is 0. The third kappa shape index (κ3) is 2.18. The second-order valence-corrected chi connectivity index (χ2v) is 4.93. The molecule has 1 aliphatic heterocycles. The molecule has 1 aromatic heterocycles. The average Bonchev–Trinajstić information content (AvgIpc) is 2.61. The SMILES string of the molecule is Brc1cncnc1N1CCOc2ccccc2C1. The van der Waals surface area contributed by atoms with E-state index in [4.69, 9.17) is 4.74 Å². The normalized spacial score (nSPS) is 14.6. The highest BCUT2D eigenvalue weighted by Crippen LogP contribution is 2.28. The summed E-state index contributed by atoms with van der Waals surface area (Å²) < 4.78 is 6.65. The number of nitrogens with zero attached hydrogens (tertiary/aromatic N) is 3. The first-order chi connectivity index (χ1) is 8.84. The summed E-state index contributed by atoms with van der Waals surface area (Å²) in [6.07, 6.45) is 3.33. The van der Waals surface area contributed by atoms with E-state index in [9.17, 15) is 0 Å². The van der Waals surface area contributed by atoms with E-state index in [0.717, 1.165) is 29.1 Å². The average molecular weight is 306 g/mol.